The Morgan fingerprint density at radius 2 is 2.00 bits per heavy atom. The van der Waals surface area contributed by atoms with Gasteiger partial charge in [-0.15, -0.1) is 0 Å². The molecule has 1 aromatic carbocycles. The number of hydrogen-bond acceptors (Lipinski definition) is 2. The zero-order valence-corrected chi connectivity index (χ0v) is 9.01. The Balaban J connectivity index is 2.43. The molecule has 74 valence electrons. The maximum absolute atomic E-state index is 11.2. The largest absolute Gasteiger partial charge is 0.259 e. The third-order valence-electron chi connectivity index (χ3n) is 1.96. The lowest BCUT2D eigenvalue weighted by molar-refractivity contribution is 0.684. The molecule has 0 aromatic heterocycles. The second kappa shape index (κ2) is 5.56. The molecule has 0 aliphatic carbocycles. The van der Waals surface area contributed by atoms with Gasteiger partial charge in [0.25, 0.3) is 0 Å². The molecule has 0 bridgehead atoms. The summed E-state index contributed by atoms with van der Waals surface area (Å²) in [5.74, 6) is 0.725. The molecule has 1 aromatic rings. The van der Waals surface area contributed by atoms with Gasteiger partial charge in [0.05, 0.1) is 6.07 Å². The third-order valence-corrected chi connectivity index (χ3v) is 3.08. The fourth-order valence-corrected chi connectivity index (χ4v) is 1.88. The molecule has 0 aliphatic heterocycles. The Hall–Kier alpha value is -1.14. The highest BCUT2D eigenvalue weighted by Crippen LogP contribution is 2.04. The Kier molecular flexibility index (Phi) is 4.34. The van der Waals surface area contributed by atoms with Crippen molar-refractivity contribution in [2.45, 2.75) is 13.3 Å². The molecule has 2 nitrogen and oxygen atoms in total. The number of nitriles is 1. The fraction of sp³-hybridized carbons (Fsp3) is 0.364. The second-order valence-corrected chi connectivity index (χ2v) is 4.76. The van der Waals surface area contributed by atoms with Crippen molar-refractivity contribution in [2.75, 3.05) is 11.5 Å². The van der Waals surface area contributed by atoms with E-state index in [0.29, 0.717) is 5.75 Å². The number of aryl methyl sites for hydroxylation is 2. The van der Waals surface area contributed by atoms with Gasteiger partial charge in [0.1, 0.15) is 5.75 Å². The molecule has 3 heteroatoms. The Bertz CT molecular complexity index is 351. The minimum Gasteiger partial charge on any atom is -0.259 e. The van der Waals surface area contributed by atoms with E-state index in [1.807, 2.05) is 37.3 Å². The van der Waals surface area contributed by atoms with E-state index < -0.39 is 10.8 Å². The highest BCUT2D eigenvalue weighted by atomic mass is 32.2. The molecule has 0 spiro atoms. The van der Waals surface area contributed by atoms with Crippen molar-refractivity contribution in [3.8, 4) is 6.07 Å². The third kappa shape index (κ3) is 3.71. The highest BCUT2D eigenvalue weighted by Gasteiger charge is 1.99. The van der Waals surface area contributed by atoms with Crippen molar-refractivity contribution in [3.05, 3.63) is 35.4 Å². The predicted octanol–water partition coefficient (Wildman–Crippen LogP) is 1.81. The standard InChI is InChI=1S/C11H13NOS/c1-10-2-4-11(5-3-10)6-8-14(13)9-7-12/h2-5H,6,8-9H2,1H3. The van der Waals surface area contributed by atoms with Crippen LogP contribution >= 0.6 is 0 Å². The summed E-state index contributed by atoms with van der Waals surface area (Å²) in [5, 5.41) is 8.33. The van der Waals surface area contributed by atoms with Crippen LogP contribution in [0.1, 0.15) is 11.1 Å². The molecule has 1 atom stereocenters. The van der Waals surface area contributed by atoms with E-state index in [-0.39, 0.29) is 5.75 Å². The average Bonchev–Trinajstić information content (AvgIpc) is 2.17. The van der Waals surface area contributed by atoms with Gasteiger partial charge in [-0.1, -0.05) is 29.8 Å². The Labute approximate surface area is 87.0 Å². The number of benzene rings is 1. The summed E-state index contributed by atoms with van der Waals surface area (Å²) in [6.45, 7) is 2.04. The van der Waals surface area contributed by atoms with E-state index in [1.165, 1.54) is 11.1 Å². The van der Waals surface area contributed by atoms with Crippen LogP contribution in [0.2, 0.25) is 0 Å². The van der Waals surface area contributed by atoms with Crippen LogP contribution in [0.25, 0.3) is 0 Å². The Morgan fingerprint density at radius 3 is 2.57 bits per heavy atom. The van der Waals surface area contributed by atoms with Crippen LogP contribution < -0.4 is 0 Å². The van der Waals surface area contributed by atoms with Crippen molar-refractivity contribution < 1.29 is 4.21 Å². The molecule has 0 fully saturated rings. The lowest BCUT2D eigenvalue weighted by Crippen LogP contribution is -2.03. The summed E-state index contributed by atoms with van der Waals surface area (Å²) in [7, 11) is -0.987. The van der Waals surface area contributed by atoms with E-state index in [2.05, 4.69) is 0 Å². The first-order chi connectivity index (χ1) is 6.72. The monoisotopic (exact) mass is 207 g/mol. The number of hydrogen-bond donors (Lipinski definition) is 0. The maximum Gasteiger partial charge on any atom is 0.111 e. The summed E-state index contributed by atoms with van der Waals surface area (Å²) in [4.78, 5) is 0. The van der Waals surface area contributed by atoms with E-state index in [4.69, 9.17) is 5.26 Å². The maximum atomic E-state index is 11.2. The minimum atomic E-state index is -0.987. The van der Waals surface area contributed by atoms with Gasteiger partial charge in [0.2, 0.25) is 0 Å². The smallest absolute Gasteiger partial charge is 0.111 e. The van der Waals surface area contributed by atoms with Crippen LogP contribution in [-0.4, -0.2) is 15.7 Å². The topological polar surface area (TPSA) is 40.9 Å². The molecule has 0 aliphatic rings. The van der Waals surface area contributed by atoms with Gasteiger partial charge in [-0.25, -0.2) is 0 Å². The van der Waals surface area contributed by atoms with Crippen molar-refractivity contribution in [1.82, 2.24) is 0 Å². The van der Waals surface area contributed by atoms with Gasteiger partial charge < -0.3 is 0 Å². The predicted molar refractivity (Wildman–Crippen MR) is 58.4 cm³/mol. The van der Waals surface area contributed by atoms with Gasteiger partial charge in [-0.2, -0.15) is 5.26 Å². The molecule has 1 unspecified atom stereocenters. The van der Waals surface area contributed by atoms with Crippen molar-refractivity contribution in [2.24, 2.45) is 0 Å². The van der Waals surface area contributed by atoms with Gasteiger partial charge in [-0.3, -0.25) is 4.21 Å². The summed E-state index contributed by atoms with van der Waals surface area (Å²) in [6.07, 6.45) is 0.786. The van der Waals surface area contributed by atoms with Gasteiger partial charge in [0.15, 0.2) is 0 Å². The summed E-state index contributed by atoms with van der Waals surface area (Å²) in [6, 6.07) is 10.1. The van der Waals surface area contributed by atoms with E-state index in [1.54, 1.807) is 0 Å². The average molecular weight is 207 g/mol. The van der Waals surface area contributed by atoms with E-state index in [9.17, 15) is 4.21 Å². The first-order valence-corrected chi connectivity index (χ1v) is 5.98. The first kappa shape index (κ1) is 10.9. The number of nitrogens with zero attached hydrogens (tertiary/aromatic N) is 1. The molecule has 0 N–H and O–H groups in total. The SMILES string of the molecule is Cc1ccc(CCS(=O)CC#N)cc1. The molecule has 0 radical (unpaired) electrons. The molecule has 0 heterocycles. The zero-order valence-electron chi connectivity index (χ0n) is 8.19. The van der Waals surface area contributed by atoms with Crippen LogP contribution in [-0.2, 0) is 17.2 Å². The Morgan fingerprint density at radius 1 is 1.36 bits per heavy atom. The molecule has 1 rings (SSSR count). The van der Waals surface area contributed by atoms with E-state index >= 15 is 0 Å². The van der Waals surface area contributed by atoms with E-state index in [0.717, 1.165) is 6.42 Å². The van der Waals surface area contributed by atoms with Crippen molar-refractivity contribution >= 4 is 10.8 Å². The van der Waals surface area contributed by atoms with Crippen LogP contribution in [0.15, 0.2) is 24.3 Å². The van der Waals surface area contributed by atoms with Gasteiger partial charge in [-0.05, 0) is 18.9 Å². The molecule has 0 saturated carbocycles. The summed E-state index contributed by atoms with van der Waals surface area (Å²) >= 11 is 0. The van der Waals surface area contributed by atoms with Gasteiger partial charge in [0, 0.05) is 16.6 Å². The van der Waals surface area contributed by atoms with Crippen molar-refractivity contribution in [3.63, 3.8) is 0 Å². The van der Waals surface area contributed by atoms with Crippen LogP contribution in [0.4, 0.5) is 0 Å². The van der Waals surface area contributed by atoms with Crippen LogP contribution in [0.3, 0.4) is 0 Å². The lowest BCUT2D eigenvalue weighted by Gasteiger charge is -2.00. The first-order valence-electron chi connectivity index (χ1n) is 4.50. The minimum absolute atomic E-state index is 0.145. The highest BCUT2D eigenvalue weighted by molar-refractivity contribution is 7.85. The molecule has 0 saturated heterocycles. The molecule has 14 heavy (non-hydrogen) atoms. The number of rotatable bonds is 4. The molecular weight excluding hydrogens is 194 g/mol. The summed E-state index contributed by atoms with van der Waals surface area (Å²) < 4.78 is 11.2. The van der Waals surface area contributed by atoms with Gasteiger partial charge >= 0.3 is 0 Å². The fourth-order valence-electron chi connectivity index (χ4n) is 1.13. The van der Waals surface area contributed by atoms with Crippen LogP contribution in [0.5, 0.6) is 0 Å². The lowest BCUT2D eigenvalue weighted by atomic mass is 10.1. The molecular formula is C11H13NOS. The summed E-state index contributed by atoms with van der Waals surface area (Å²) in [5.41, 5.74) is 2.41. The van der Waals surface area contributed by atoms with Crippen molar-refractivity contribution in [1.29, 1.82) is 5.26 Å². The zero-order chi connectivity index (χ0) is 10.4. The molecule has 0 amide bonds. The quantitative estimate of drug-likeness (QED) is 0.755. The normalized spacial score (nSPS) is 12.0. The van der Waals surface area contributed by atoms with Crippen LogP contribution in [0, 0.1) is 18.3 Å². The second-order valence-electron chi connectivity index (χ2n) is 3.18.